The molecule has 5 aromatic carbocycles. The highest BCUT2D eigenvalue weighted by Crippen LogP contribution is 2.59. The van der Waals surface area contributed by atoms with Crippen molar-refractivity contribution in [3.8, 4) is 28.7 Å². The van der Waals surface area contributed by atoms with Gasteiger partial charge in [-0.15, -0.1) is 0 Å². The highest BCUT2D eigenvalue weighted by Gasteiger charge is 2.90. The van der Waals surface area contributed by atoms with Crippen LogP contribution in [0.25, 0.3) is 0 Å². The first-order valence-corrected chi connectivity index (χ1v) is 19.3. The molecule has 6 amide bonds. The molecule has 3 aliphatic rings. The number of hydrogen-bond acceptors (Lipinski definition) is 9. The second kappa shape index (κ2) is 15.9. The molecule has 0 radical (unpaired) electrons. The van der Waals surface area contributed by atoms with E-state index in [-0.39, 0.29) is 32.7 Å². The zero-order valence-corrected chi connectivity index (χ0v) is 34.0. The van der Waals surface area contributed by atoms with Gasteiger partial charge < -0.3 is 23.7 Å². The number of rotatable bonds is 15. The Morgan fingerprint density at radius 3 is 0.733 bits per heavy atom. The largest absolute Gasteiger partial charge is 0.497 e. The minimum atomic E-state index is -2.19. The van der Waals surface area contributed by atoms with E-state index in [4.69, 9.17) is 23.7 Å². The summed E-state index contributed by atoms with van der Waals surface area (Å²) >= 11 is 0. The summed E-state index contributed by atoms with van der Waals surface area (Å²) in [5, 5.41) is 0. The summed E-state index contributed by atoms with van der Waals surface area (Å²) in [6.07, 6.45) is 0. The lowest BCUT2D eigenvalue weighted by Gasteiger charge is -2.41. The van der Waals surface area contributed by atoms with Crippen molar-refractivity contribution >= 4 is 23.9 Å². The Kier molecular flexibility index (Phi) is 10.5. The van der Waals surface area contributed by atoms with Crippen LogP contribution in [-0.4, -0.2) is 95.3 Å². The minimum absolute atomic E-state index is 0.123. The molecule has 14 nitrogen and oxygen atoms in total. The van der Waals surface area contributed by atoms with Gasteiger partial charge in [0.2, 0.25) is 0 Å². The number of benzene rings is 5. The molecule has 5 aromatic rings. The zero-order valence-electron chi connectivity index (χ0n) is 34.0. The summed E-state index contributed by atoms with van der Waals surface area (Å²) in [7, 11) is 7.79. The van der Waals surface area contributed by atoms with Crippen molar-refractivity contribution in [2.24, 2.45) is 0 Å². The van der Waals surface area contributed by atoms with Gasteiger partial charge in [-0.1, -0.05) is 60.7 Å². The van der Waals surface area contributed by atoms with Gasteiger partial charge in [-0.3, -0.25) is 34.1 Å². The van der Waals surface area contributed by atoms with E-state index in [2.05, 4.69) is 0 Å². The first kappa shape index (κ1) is 39.6. The average Bonchev–Trinajstić information content (AvgIpc) is 3.71. The monoisotopic (exact) mass is 811 g/mol. The molecule has 308 valence electrons. The van der Waals surface area contributed by atoms with Crippen LogP contribution in [-0.2, 0) is 42.3 Å². The number of likely N-dealkylation sites (tertiary alicyclic amines) is 1. The number of methoxy groups -OCH3 is 5. The maximum absolute atomic E-state index is 15.9. The number of urea groups is 2. The lowest BCUT2D eigenvalue weighted by Crippen LogP contribution is -2.69. The molecule has 0 atom stereocenters. The highest BCUT2D eigenvalue weighted by molar-refractivity contribution is 6.22. The number of carbonyl (C=O) groups excluding carboxylic acids is 4. The van der Waals surface area contributed by atoms with Crippen LogP contribution in [0.2, 0.25) is 0 Å². The predicted octanol–water partition coefficient (Wildman–Crippen LogP) is 6.27. The molecule has 0 aromatic heterocycles. The Bertz CT molecular complexity index is 2120. The average molecular weight is 812 g/mol. The second-order valence-corrected chi connectivity index (χ2v) is 14.7. The first-order valence-electron chi connectivity index (χ1n) is 19.3. The Morgan fingerprint density at radius 1 is 0.333 bits per heavy atom. The zero-order chi connectivity index (χ0) is 42.2. The van der Waals surface area contributed by atoms with Crippen molar-refractivity contribution in [1.82, 2.24) is 24.5 Å². The standard InChI is InChI=1S/C46H45N5O9/c1-56-36-16-6-31(7-17-36)26-47-41(52)45-46(42(47)53,49(28-33-10-20-38(58-3)21-11-33)43(54)48(45)27-32-8-18-37(57-2)19-9-32)51(30-35-14-24-40(60-5)25-15-35)44(55)50(45)29-34-12-22-39(59-4)23-13-34/h6-25H,26-30H2,1-5H3. The summed E-state index contributed by atoms with van der Waals surface area (Å²) in [5.74, 6) is 1.58. The van der Waals surface area contributed by atoms with Gasteiger partial charge in [0.05, 0.1) is 68.3 Å². The van der Waals surface area contributed by atoms with E-state index in [0.717, 1.165) is 0 Å². The Morgan fingerprint density at radius 2 is 0.533 bits per heavy atom. The van der Waals surface area contributed by atoms with Gasteiger partial charge in [0.15, 0.2) is 0 Å². The maximum atomic E-state index is 15.9. The molecular formula is C46H45N5O9. The number of ether oxygens (including phenoxy) is 5. The second-order valence-electron chi connectivity index (χ2n) is 14.7. The van der Waals surface area contributed by atoms with E-state index >= 15 is 19.2 Å². The molecule has 60 heavy (non-hydrogen) atoms. The molecule has 0 unspecified atom stereocenters. The molecule has 8 rings (SSSR count). The van der Waals surface area contributed by atoms with E-state index in [9.17, 15) is 0 Å². The molecule has 14 heteroatoms. The van der Waals surface area contributed by atoms with Crippen LogP contribution in [0.3, 0.4) is 0 Å². The molecule has 0 bridgehead atoms. The van der Waals surface area contributed by atoms with E-state index in [1.54, 1.807) is 157 Å². The number of hydrogen-bond donors (Lipinski definition) is 0. The van der Waals surface area contributed by atoms with Crippen molar-refractivity contribution < 1.29 is 42.9 Å². The predicted molar refractivity (Wildman–Crippen MR) is 219 cm³/mol. The van der Waals surface area contributed by atoms with Crippen molar-refractivity contribution in [1.29, 1.82) is 0 Å². The normalized spacial score (nSPS) is 19.5. The lowest BCUT2D eigenvalue weighted by atomic mass is 9.92. The Labute approximate surface area is 347 Å². The number of carbonyl (C=O) groups is 4. The van der Waals surface area contributed by atoms with E-state index in [0.29, 0.717) is 56.6 Å². The molecule has 0 aliphatic carbocycles. The van der Waals surface area contributed by atoms with Crippen molar-refractivity contribution in [2.45, 2.75) is 44.0 Å². The SMILES string of the molecule is COc1ccc(CN2C(=O)C34N(Cc5ccc(OC)cc5)C(=O)N(Cc5ccc(OC)cc5)C3(C2=O)N(Cc2ccc(OC)cc2)C(=O)N4Cc2ccc(OC)cc2)cc1. The number of nitrogens with zero attached hydrogens (tertiary/aromatic N) is 5. The van der Waals surface area contributed by atoms with Crippen LogP contribution >= 0.6 is 0 Å². The molecule has 3 heterocycles. The van der Waals surface area contributed by atoms with E-state index < -0.39 is 35.2 Å². The summed E-state index contributed by atoms with van der Waals surface area (Å²) < 4.78 is 27.1. The molecule has 0 N–H and O–H groups in total. The first-order chi connectivity index (χ1) is 29.1. The molecular weight excluding hydrogens is 767 g/mol. The Hall–Kier alpha value is -7.22. The summed E-state index contributed by atoms with van der Waals surface area (Å²) in [5.41, 5.74) is -1.13. The van der Waals surface area contributed by atoms with Crippen LogP contribution < -0.4 is 23.7 Å². The lowest BCUT2D eigenvalue weighted by molar-refractivity contribution is -0.147. The molecule has 3 aliphatic heterocycles. The maximum Gasteiger partial charge on any atom is 0.325 e. The van der Waals surface area contributed by atoms with Crippen LogP contribution in [0, 0.1) is 0 Å². The molecule has 3 saturated heterocycles. The Balaban J connectivity index is 1.38. The summed E-state index contributed by atoms with van der Waals surface area (Å²) in [6.45, 7) is -0.625. The van der Waals surface area contributed by atoms with Gasteiger partial charge in [-0.2, -0.15) is 0 Å². The van der Waals surface area contributed by atoms with Crippen LogP contribution in [0.4, 0.5) is 9.59 Å². The third-order valence-electron chi connectivity index (χ3n) is 11.6. The van der Waals surface area contributed by atoms with Gasteiger partial charge in [0.1, 0.15) is 28.7 Å². The fourth-order valence-electron chi connectivity index (χ4n) is 8.56. The fraction of sp³-hybridized carbons (Fsp3) is 0.261. The van der Waals surface area contributed by atoms with Crippen LogP contribution in [0.15, 0.2) is 121 Å². The van der Waals surface area contributed by atoms with E-state index in [1.165, 1.54) is 24.5 Å². The van der Waals surface area contributed by atoms with Crippen LogP contribution in [0.1, 0.15) is 27.8 Å². The van der Waals surface area contributed by atoms with Crippen molar-refractivity contribution in [3.05, 3.63) is 149 Å². The smallest absolute Gasteiger partial charge is 0.325 e. The van der Waals surface area contributed by atoms with Gasteiger partial charge in [-0.25, -0.2) is 9.59 Å². The third kappa shape index (κ3) is 6.26. The summed E-state index contributed by atoms with van der Waals surface area (Å²) in [4.78, 5) is 69.8. The molecule has 3 fully saturated rings. The quantitative estimate of drug-likeness (QED) is 0.112. The van der Waals surface area contributed by atoms with Crippen molar-refractivity contribution in [3.63, 3.8) is 0 Å². The van der Waals surface area contributed by atoms with Crippen molar-refractivity contribution in [2.75, 3.05) is 35.5 Å². The van der Waals surface area contributed by atoms with Crippen LogP contribution in [0.5, 0.6) is 28.7 Å². The highest BCUT2D eigenvalue weighted by atomic mass is 16.5. The number of imide groups is 1. The topological polar surface area (TPSA) is 131 Å². The summed E-state index contributed by atoms with van der Waals surface area (Å²) in [6, 6.07) is 34.4. The third-order valence-corrected chi connectivity index (χ3v) is 11.6. The molecule has 0 saturated carbocycles. The van der Waals surface area contributed by atoms with Gasteiger partial charge >= 0.3 is 12.1 Å². The molecule has 0 spiro atoms. The number of amides is 6. The minimum Gasteiger partial charge on any atom is -0.497 e. The fourth-order valence-corrected chi connectivity index (χ4v) is 8.56. The van der Waals surface area contributed by atoms with Gasteiger partial charge in [-0.05, 0) is 88.5 Å². The van der Waals surface area contributed by atoms with Gasteiger partial charge in [0, 0.05) is 0 Å². The van der Waals surface area contributed by atoms with Gasteiger partial charge in [0.25, 0.3) is 23.1 Å². The van der Waals surface area contributed by atoms with E-state index in [1.807, 2.05) is 0 Å².